The molecular formula is C14H21ClO3. The molecule has 4 heteroatoms. The lowest BCUT2D eigenvalue weighted by molar-refractivity contribution is 0.0705. The van der Waals surface area contributed by atoms with Gasteiger partial charge in [0.05, 0.1) is 24.8 Å². The topological polar surface area (TPSA) is 38.7 Å². The number of rotatable bonds is 9. The van der Waals surface area contributed by atoms with Crippen LogP contribution in [-0.2, 0) is 11.2 Å². The highest BCUT2D eigenvalue weighted by Crippen LogP contribution is 2.29. The third-order valence-electron chi connectivity index (χ3n) is 2.56. The van der Waals surface area contributed by atoms with Crippen molar-refractivity contribution in [1.82, 2.24) is 0 Å². The van der Waals surface area contributed by atoms with Crippen molar-refractivity contribution in [3.05, 3.63) is 28.8 Å². The van der Waals surface area contributed by atoms with Gasteiger partial charge in [-0.15, -0.1) is 0 Å². The lowest BCUT2D eigenvalue weighted by atomic mass is 10.1. The molecule has 1 rings (SSSR count). The van der Waals surface area contributed by atoms with Gasteiger partial charge in [0.25, 0.3) is 0 Å². The van der Waals surface area contributed by atoms with Crippen molar-refractivity contribution < 1.29 is 14.6 Å². The highest BCUT2D eigenvalue weighted by Gasteiger charge is 2.06. The van der Waals surface area contributed by atoms with Crippen molar-refractivity contribution in [2.45, 2.75) is 26.2 Å². The summed E-state index contributed by atoms with van der Waals surface area (Å²) in [5.74, 6) is 0.706. The van der Waals surface area contributed by atoms with Crippen LogP contribution in [0, 0.1) is 0 Å². The number of hydrogen-bond donors (Lipinski definition) is 1. The number of ether oxygens (including phenoxy) is 2. The summed E-state index contributed by atoms with van der Waals surface area (Å²) in [4.78, 5) is 0. The molecular weight excluding hydrogens is 252 g/mol. The summed E-state index contributed by atoms with van der Waals surface area (Å²) in [6.45, 7) is 3.43. The summed E-state index contributed by atoms with van der Waals surface area (Å²) in [5, 5.41) is 9.26. The standard InChI is InChI=1S/C14H21ClO3/c1-2-3-5-12-6-4-7-13(14(12)15)18-11-10-17-9-8-16/h4,6-7,16H,2-3,5,8-11H2,1H3. The van der Waals surface area contributed by atoms with Crippen LogP contribution >= 0.6 is 11.6 Å². The highest BCUT2D eigenvalue weighted by molar-refractivity contribution is 6.32. The van der Waals surface area contributed by atoms with Crippen LogP contribution in [0.5, 0.6) is 5.75 Å². The molecule has 0 atom stereocenters. The van der Waals surface area contributed by atoms with Crippen molar-refractivity contribution >= 4 is 11.6 Å². The molecule has 0 heterocycles. The van der Waals surface area contributed by atoms with Gasteiger partial charge in [-0.25, -0.2) is 0 Å². The first-order valence-corrected chi connectivity index (χ1v) is 6.76. The van der Waals surface area contributed by atoms with E-state index in [0.717, 1.165) is 24.8 Å². The first kappa shape index (κ1) is 15.3. The van der Waals surface area contributed by atoms with Gasteiger partial charge in [-0.1, -0.05) is 37.1 Å². The quantitative estimate of drug-likeness (QED) is 0.702. The zero-order valence-electron chi connectivity index (χ0n) is 10.8. The molecule has 18 heavy (non-hydrogen) atoms. The number of hydrogen-bond acceptors (Lipinski definition) is 3. The first-order valence-electron chi connectivity index (χ1n) is 6.38. The second-order valence-electron chi connectivity index (χ2n) is 4.02. The zero-order chi connectivity index (χ0) is 13.2. The molecule has 0 fully saturated rings. The van der Waals surface area contributed by atoms with Crippen LogP contribution in [0.2, 0.25) is 5.02 Å². The monoisotopic (exact) mass is 272 g/mol. The van der Waals surface area contributed by atoms with Gasteiger partial charge >= 0.3 is 0 Å². The van der Waals surface area contributed by atoms with Crippen molar-refractivity contribution in [2.24, 2.45) is 0 Å². The molecule has 0 aromatic heterocycles. The Hall–Kier alpha value is -0.770. The predicted molar refractivity (Wildman–Crippen MR) is 73.5 cm³/mol. The van der Waals surface area contributed by atoms with Crippen LogP contribution in [0.3, 0.4) is 0 Å². The third kappa shape index (κ3) is 5.25. The maximum Gasteiger partial charge on any atom is 0.138 e. The Bertz CT molecular complexity index is 342. The number of aryl methyl sites for hydroxylation is 1. The molecule has 0 aliphatic heterocycles. The number of unbranched alkanes of at least 4 members (excludes halogenated alkanes) is 1. The van der Waals surface area contributed by atoms with Gasteiger partial charge in [-0.2, -0.15) is 0 Å². The normalized spacial score (nSPS) is 10.6. The molecule has 0 saturated heterocycles. The van der Waals surface area contributed by atoms with Gasteiger partial charge in [-0.05, 0) is 24.5 Å². The van der Waals surface area contributed by atoms with Crippen LogP contribution in [-0.4, -0.2) is 31.5 Å². The minimum absolute atomic E-state index is 0.0350. The van der Waals surface area contributed by atoms with Crippen molar-refractivity contribution in [3.8, 4) is 5.75 Å². The van der Waals surface area contributed by atoms with Crippen molar-refractivity contribution in [2.75, 3.05) is 26.4 Å². The minimum atomic E-state index is 0.0350. The molecule has 1 aromatic carbocycles. The van der Waals surface area contributed by atoms with Crippen molar-refractivity contribution in [3.63, 3.8) is 0 Å². The molecule has 0 bridgehead atoms. The van der Waals surface area contributed by atoms with Crippen molar-refractivity contribution in [1.29, 1.82) is 0 Å². The molecule has 0 aliphatic carbocycles. The van der Waals surface area contributed by atoms with Crippen LogP contribution in [0.15, 0.2) is 18.2 Å². The smallest absolute Gasteiger partial charge is 0.138 e. The molecule has 0 spiro atoms. The second-order valence-corrected chi connectivity index (χ2v) is 4.40. The number of halogens is 1. The van der Waals surface area contributed by atoms with E-state index in [1.54, 1.807) is 0 Å². The van der Waals surface area contributed by atoms with E-state index in [-0.39, 0.29) is 6.61 Å². The summed E-state index contributed by atoms with van der Waals surface area (Å²) < 4.78 is 10.7. The number of aliphatic hydroxyl groups excluding tert-OH is 1. The summed E-state index contributed by atoms with van der Waals surface area (Å²) in [6.07, 6.45) is 3.26. The number of aliphatic hydroxyl groups is 1. The summed E-state index contributed by atoms with van der Waals surface area (Å²) >= 11 is 6.28. The van der Waals surface area contributed by atoms with Gasteiger partial charge in [0.1, 0.15) is 12.4 Å². The van der Waals surface area contributed by atoms with E-state index < -0.39 is 0 Å². The van der Waals surface area contributed by atoms with Gasteiger partial charge < -0.3 is 14.6 Å². The fraction of sp³-hybridized carbons (Fsp3) is 0.571. The van der Waals surface area contributed by atoms with E-state index in [4.69, 9.17) is 26.2 Å². The molecule has 1 N–H and O–H groups in total. The molecule has 0 unspecified atom stereocenters. The van der Waals surface area contributed by atoms with Crippen LogP contribution in [0.4, 0.5) is 0 Å². The Balaban J connectivity index is 2.44. The maximum absolute atomic E-state index is 8.56. The second kappa shape index (κ2) is 9.20. The van der Waals surface area contributed by atoms with E-state index >= 15 is 0 Å². The average Bonchev–Trinajstić information content (AvgIpc) is 2.39. The summed E-state index contributed by atoms with van der Waals surface area (Å²) in [7, 11) is 0. The SMILES string of the molecule is CCCCc1cccc(OCCOCCO)c1Cl. The van der Waals surface area contributed by atoms with Crippen LogP contribution < -0.4 is 4.74 Å². The lowest BCUT2D eigenvalue weighted by Gasteiger charge is -2.11. The third-order valence-corrected chi connectivity index (χ3v) is 2.99. The minimum Gasteiger partial charge on any atom is -0.490 e. The first-order chi connectivity index (χ1) is 8.79. The molecule has 0 amide bonds. The maximum atomic E-state index is 8.56. The average molecular weight is 273 g/mol. The molecule has 3 nitrogen and oxygen atoms in total. The van der Waals surface area contributed by atoms with Gasteiger partial charge in [0.15, 0.2) is 0 Å². The van der Waals surface area contributed by atoms with E-state index in [1.165, 1.54) is 0 Å². The Morgan fingerprint density at radius 1 is 1.22 bits per heavy atom. The fourth-order valence-corrected chi connectivity index (χ4v) is 1.88. The highest BCUT2D eigenvalue weighted by atomic mass is 35.5. The Kier molecular flexibility index (Phi) is 7.81. The Labute approximate surface area is 114 Å². The van der Waals surface area contributed by atoms with Crippen LogP contribution in [0.1, 0.15) is 25.3 Å². The Morgan fingerprint density at radius 2 is 2.06 bits per heavy atom. The molecule has 0 aliphatic rings. The van der Waals surface area contributed by atoms with E-state index in [2.05, 4.69) is 6.92 Å². The van der Waals surface area contributed by atoms with Gasteiger partial charge in [-0.3, -0.25) is 0 Å². The van der Waals surface area contributed by atoms with Gasteiger partial charge in [0, 0.05) is 0 Å². The van der Waals surface area contributed by atoms with E-state index in [0.29, 0.717) is 30.6 Å². The Morgan fingerprint density at radius 3 is 2.78 bits per heavy atom. The lowest BCUT2D eigenvalue weighted by Crippen LogP contribution is -2.09. The van der Waals surface area contributed by atoms with Crippen LogP contribution in [0.25, 0.3) is 0 Å². The van der Waals surface area contributed by atoms with Gasteiger partial charge in [0.2, 0.25) is 0 Å². The molecule has 102 valence electrons. The summed E-state index contributed by atoms with van der Waals surface area (Å²) in [6, 6.07) is 5.86. The molecule has 1 aromatic rings. The zero-order valence-corrected chi connectivity index (χ0v) is 11.6. The summed E-state index contributed by atoms with van der Waals surface area (Å²) in [5.41, 5.74) is 1.13. The number of benzene rings is 1. The largest absolute Gasteiger partial charge is 0.490 e. The molecule has 0 radical (unpaired) electrons. The molecule has 0 saturated carbocycles. The van der Waals surface area contributed by atoms with E-state index in [1.807, 2.05) is 18.2 Å². The van der Waals surface area contributed by atoms with E-state index in [9.17, 15) is 0 Å². The fourth-order valence-electron chi connectivity index (χ4n) is 1.61. The predicted octanol–water partition coefficient (Wildman–Crippen LogP) is 3.07.